The summed E-state index contributed by atoms with van der Waals surface area (Å²) in [5.74, 6) is 1.28. The summed E-state index contributed by atoms with van der Waals surface area (Å²) in [6.07, 6.45) is 2.73. The minimum atomic E-state index is 0.597. The Morgan fingerprint density at radius 2 is 2.11 bits per heavy atom. The molecule has 2 rings (SSSR count). The molecule has 0 aliphatic rings. The summed E-state index contributed by atoms with van der Waals surface area (Å²) in [7, 11) is 0. The quantitative estimate of drug-likeness (QED) is 0.843. The molecule has 6 heteroatoms. The van der Waals surface area contributed by atoms with Crippen molar-refractivity contribution in [3.8, 4) is 0 Å². The van der Waals surface area contributed by atoms with Gasteiger partial charge in [0.25, 0.3) is 0 Å². The zero-order valence-corrected chi connectivity index (χ0v) is 12.8. The predicted molar refractivity (Wildman–Crippen MR) is 83.2 cm³/mol. The summed E-state index contributed by atoms with van der Waals surface area (Å²) >= 11 is 9.54. The van der Waals surface area contributed by atoms with E-state index in [-0.39, 0.29) is 0 Å². The van der Waals surface area contributed by atoms with Crippen LogP contribution < -0.4 is 10.6 Å². The fourth-order valence-corrected chi connectivity index (χ4v) is 1.94. The second-order valence-corrected chi connectivity index (χ2v) is 5.18. The average Bonchev–Trinajstić information content (AvgIpc) is 2.42. The van der Waals surface area contributed by atoms with E-state index in [1.54, 1.807) is 6.20 Å². The highest BCUT2D eigenvalue weighted by molar-refractivity contribution is 9.10. The molecule has 1 heterocycles. The van der Waals surface area contributed by atoms with Gasteiger partial charge in [0.05, 0.1) is 15.2 Å². The summed E-state index contributed by atoms with van der Waals surface area (Å²) < 4.78 is 0.787. The number of hydrogen-bond acceptors (Lipinski definition) is 4. The SMILES string of the molecule is CCCNc1ncc(Br)c(Nc2ccccc2Cl)n1. The minimum Gasteiger partial charge on any atom is -0.354 e. The molecular formula is C13H14BrClN4. The third kappa shape index (κ3) is 3.81. The monoisotopic (exact) mass is 340 g/mol. The molecule has 0 unspecified atom stereocenters. The zero-order chi connectivity index (χ0) is 13.7. The molecule has 0 amide bonds. The molecule has 0 atom stereocenters. The molecule has 0 saturated carbocycles. The maximum atomic E-state index is 6.11. The average molecular weight is 342 g/mol. The molecular weight excluding hydrogens is 328 g/mol. The number of hydrogen-bond donors (Lipinski definition) is 2. The van der Waals surface area contributed by atoms with Crippen LogP contribution in [0.5, 0.6) is 0 Å². The molecule has 19 heavy (non-hydrogen) atoms. The fraction of sp³-hybridized carbons (Fsp3) is 0.231. The largest absolute Gasteiger partial charge is 0.354 e. The van der Waals surface area contributed by atoms with Gasteiger partial charge in [0, 0.05) is 12.7 Å². The molecule has 0 saturated heterocycles. The number of nitrogens with zero attached hydrogens (tertiary/aromatic N) is 2. The van der Waals surface area contributed by atoms with Crippen molar-refractivity contribution in [2.24, 2.45) is 0 Å². The van der Waals surface area contributed by atoms with Crippen LogP contribution in [0, 0.1) is 0 Å². The van der Waals surface area contributed by atoms with E-state index in [0.717, 1.165) is 23.1 Å². The minimum absolute atomic E-state index is 0.597. The number of halogens is 2. The van der Waals surface area contributed by atoms with Crippen molar-refractivity contribution in [3.63, 3.8) is 0 Å². The summed E-state index contributed by atoms with van der Waals surface area (Å²) in [6.45, 7) is 2.93. The van der Waals surface area contributed by atoms with E-state index in [4.69, 9.17) is 11.6 Å². The molecule has 0 radical (unpaired) electrons. The van der Waals surface area contributed by atoms with Crippen LogP contribution in [0.4, 0.5) is 17.5 Å². The molecule has 1 aromatic heterocycles. The number of para-hydroxylation sites is 1. The zero-order valence-electron chi connectivity index (χ0n) is 10.5. The first kappa shape index (κ1) is 14.1. The van der Waals surface area contributed by atoms with Crippen molar-refractivity contribution < 1.29 is 0 Å². The maximum absolute atomic E-state index is 6.11. The Kier molecular flexibility index (Phi) is 4.99. The van der Waals surface area contributed by atoms with Crippen LogP contribution in [0.2, 0.25) is 5.02 Å². The Labute approximate surface area is 125 Å². The van der Waals surface area contributed by atoms with Crippen molar-refractivity contribution >= 4 is 45.0 Å². The topological polar surface area (TPSA) is 49.8 Å². The van der Waals surface area contributed by atoms with Gasteiger partial charge in [-0.25, -0.2) is 4.98 Å². The number of aromatic nitrogens is 2. The lowest BCUT2D eigenvalue weighted by atomic mass is 10.3. The first-order valence-corrected chi connectivity index (χ1v) is 7.15. The van der Waals surface area contributed by atoms with E-state index in [2.05, 4.69) is 43.5 Å². The standard InChI is InChI=1S/C13H14BrClN4/c1-2-7-16-13-17-8-9(14)12(19-13)18-11-6-4-3-5-10(11)15/h3-6,8H,2,7H2,1H3,(H2,16,17,18,19). The molecule has 2 aromatic rings. The van der Waals surface area contributed by atoms with Crippen molar-refractivity contribution in [1.29, 1.82) is 0 Å². The number of nitrogens with one attached hydrogen (secondary N) is 2. The van der Waals surface area contributed by atoms with Crippen LogP contribution in [-0.4, -0.2) is 16.5 Å². The van der Waals surface area contributed by atoms with Crippen molar-refractivity contribution in [1.82, 2.24) is 9.97 Å². The van der Waals surface area contributed by atoms with Crippen LogP contribution in [-0.2, 0) is 0 Å². The van der Waals surface area contributed by atoms with Crippen molar-refractivity contribution in [2.45, 2.75) is 13.3 Å². The van der Waals surface area contributed by atoms with E-state index >= 15 is 0 Å². The van der Waals surface area contributed by atoms with Gasteiger partial charge in [0.2, 0.25) is 5.95 Å². The van der Waals surface area contributed by atoms with Crippen LogP contribution in [0.25, 0.3) is 0 Å². The van der Waals surface area contributed by atoms with Gasteiger partial charge in [-0.1, -0.05) is 30.7 Å². The van der Waals surface area contributed by atoms with Crippen LogP contribution >= 0.6 is 27.5 Å². The van der Waals surface area contributed by atoms with Gasteiger partial charge in [0.15, 0.2) is 0 Å². The molecule has 0 fully saturated rings. The number of rotatable bonds is 5. The van der Waals surface area contributed by atoms with Crippen LogP contribution in [0.15, 0.2) is 34.9 Å². The Hall–Kier alpha value is -1.33. The van der Waals surface area contributed by atoms with Crippen LogP contribution in [0.3, 0.4) is 0 Å². The first-order valence-electron chi connectivity index (χ1n) is 5.98. The highest BCUT2D eigenvalue weighted by atomic mass is 79.9. The van der Waals surface area contributed by atoms with E-state index in [1.165, 1.54) is 0 Å². The summed E-state index contributed by atoms with van der Waals surface area (Å²) in [5, 5.41) is 6.98. The lowest BCUT2D eigenvalue weighted by Crippen LogP contribution is -2.06. The molecule has 0 bridgehead atoms. The van der Waals surface area contributed by atoms with Gasteiger partial charge < -0.3 is 10.6 Å². The van der Waals surface area contributed by atoms with Gasteiger partial charge in [-0.05, 0) is 34.5 Å². The highest BCUT2D eigenvalue weighted by Crippen LogP contribution is 2.28. The second kappa shape index (κ2) is 6.73. The van der Waals surface area contributed by atoms with Crippen LogP contribution in [0.1, 0.15) is 13.3 Å². The van der Waals surface area contributed by atoms with Gasteiger partial charge in [0.1, 0.15) is 5.82 Å². The lowest BCUT2D eigenvalue weighted by molar-refractivity contribution is 0.952. The number of anilines is 3. The first-order chi connectivity index (χ1) is 9.20. The van der Waals surface area contributed by atoms with Gasteiger partial charge in [-0.2, -0.15) is 4.98 Å². The predicted octanol–water partition coefficient (Wildman–Crippen LogP) is 4.46. The third-order valence-electron chi connectivity index (χ3n) is 2.40. The summed E-state index contributed by atoms with van der Waals surface area (Å²) in [4.78, 5) is 8.61. The number of benzene rings is 1. The Balaban J connectivity index is 2.21. The molecule has 4 nitrogen and oxygen atoms in total. The lowest BCUT2D eigenvalue weighted by Gasteiger charge is -2.10. The Bertz CT molecular complexity index is 562. The molecule has 0 aliphatic carbocycles. The second-order valence-electron chi connectivity index (χ2n) is 3.92. The van der Waals surface area contributed by atoms with E-state index in [0.29, 0.717) is 16.8 Å². The van der Waals surface area contributed by atoms with Crippen molar-refractivity contribution in [3.05, 3.63) is 40.0 Å². The summed E-state index contributed by atoms with van der Waals surface area (Å²) in [5.41, 5.74) is 0.810. The highest BCUT2D eigenvalue weighted by Gasteiger charge is 2.07. The molecule has 2 N–H and O–H groups in total. The summed E-state index contributed by atoms with van der Waals surface area (Å²) in [6, 6.07) is 7.53. The van der Waals surface area contributed by atoms with E-state index in [9.17, 15) is 0 Å². The van der Waals surface area contributed by atoms with Gasteiger partial charge in [-0.15, -0.1) is 0 Å². The Morgan fingerprint density at radius 3 is 2.84 bits per heavy atom. The van der Waals surface area contributed by atoms with E-state index in [1.807, 2.05) is 24.3 Å². The molecule has 100 valence electrons. The smallest absolute Gasteiger partial charge is 0.224 e. The third-order valence-corrected chi connectivity index (χ3v) is 3.31. The Morgan fingerprint density at radius 1 is 1.32 bits per heavy atom. The normalized spacial score (nSPS) is 10.3. The molecule has 0 aliphatic heterocycles. The molecule has 1 aromatic carbocycles. The van der Waals surface area contributed by atoms with Gasteiger partial charge in [-0.3, -0.25) is 0 Å². The van der Waals surface area contributed by atoms with Crippen molar-refractivity contribution in [2.75, 3.05) is 17.2 Å². The van der Waals surface area contributed by atoms with E-state index < -0.39 is 0 Å². The molecule has 0 spiro atoms. The maximum Gasteiger partial charge on any atom is 0.224 e. The fourth-order valence-electron chi connectivity index (χ4n) is 1.47. The van der Waals surface area contributed by atoms with Gasteiger partial charge >= 0.3 is 0 Å².